The van der Waals surface area contributed by atoms with E-state index in [0.29, 0.717) is 19.7 Å². The summed E-state index contributed by atoms with van der Waals surface area (Å²) in [6, 6.07) is -0.327. The van der Waals surface area contributed by atoms with E-state index in [4.69, 9.17) is 4.74 Å². The van der Waals surface area contributed by atoms with Crippen LogP contribution in [0.2, 0.25) is 0 Å². The lowest BCUT2D eigenvalue weighted by Crippen LogP contribution is -2.43. The average molecular weight is 320 g/mol. The summed E-state index contributed by atoms with van der Waals surface area (Å²) in [6.07, 6.45) is -0.0777. The molecule has 0 spiro atoms. The fourth-order valence-corrected chi connectivity index (χ4v) is 2.52. The highest BCUT2D eigenvalue weighted by Gasteiger charge is 2.28. The van der Waals surface area contributed by atoms with Gasteiger partial charge in [0.2, 0.25) is 0 Å². The summed E-state index contributed by atoms with van der Waals surface area (Å²) in [4.78, 5) is 13.8. The van der Waals surface area contributed by atoms with E-state index in [1.54, 1.807) is 12.0 Å². The lowest BCUT2D eigenvalue weighted by Gasteiger charge is -2.32. The van der Waals surface area contributed by atoms with Crippen molar-refractivity contribution < 1.29 is 22.7 Å². The van der Waals surface area contributed by atoms with E-state index in [9.17, 15) is 18.0 Å². The molecule has 0 aliphatic carbocycles. The second-order valence-electron chi connectivity index (χ2n) is 5.38. The second-order valence-corrected chi connectivity index (χ2v) is 5.38. The molecule has 2 amide bonds. The minimum absolute atomic E-state index is 0.253. The maximum Gasteiger partial charge on any atom is 0.408 e. The minimum atomic E-state index is -4.34. The number of carbonyl (C=O) groups is 1. The van der Waals surface area contributed by atoms with Crippen LogP contribution in [0.15, 0.2) is 12.4 Å². The van der Waals surface area contributed by atoms with Crippen molar-refractivity contribution in [3.63, 3.8) is 0 Å². The molecule has 1 N–H and O–H groups in total. The number of likely N-dealkylation sites (tertiary alicyclic amines) is 1. The molecule has 124 valence electrons. The van der Waals surface area contributed by atoms with Crippen molar-refractivity contribution in [1.82, 2.24) is 14.7 Å². The standard InChI is InChI=1S/C13H19F3N4O2/c1-22-8-10-3-2-4-19(6-10)12(21)18-11-5-17-20(7-11)9-13(14,15)16/h5,7,10H,2-4,6,8-9H2,1H3,(H,18,21)/t10-/m1/s1. The van der Waals surface area contributed by atoms with E-state index in [1.165, 1.54) is 12.4 Å². The van der Waals surface area contributed by atoms with Crippen molar-refractivity contribution >= 4 is 11.7 Å². The molecule has 1 saturated heterocycles. The van der Waals surface area contributed by atoms with E-state index in [-0.39, 0.29) is 17.6 Å². The first-order chi connectivity index (χ1) is 10.4. The zero-order chi connectivity index (χ0) is 16.2. The molecule has 1 aromatic heterocycles. The predicted octanol–water partition coefficient (Wildman–Crippen LogP) is 2.34. The first kappa shape index (κ1) is 16.6. The lowest BCUT2D eigenvalue weighted by molar-refractivity contribution is -0.142. The summed E-state index contributed by atoms with van der Waals surface area (Å²) in [7, 11) is 1.62. The van der Waals surface area contributed by atoms with Crippen molar-refractivity contribution in [1.29, 1.82) is 0 Å². The number of aromatic nitrogens is 2. The molecule has 1 atom stereocenters. The summed E-state index contributed by atoms with van der Waals surface area (Å²) in [6.45, 7) is 0.620. The number of nitrogens with one attached hydrogen (secondary N) is 1. The quantitative estimate of drug-likeness (QED) is 0.926. The van der Waals surface area contributed by atoms with Crippen molar-refractivity contribution in [2.24, 2.45) is 5.92 Å². The number of hydrogen-bond donors (Lipinski definition) is 1. The molecule has 1 aliphatic rings. The molecule has 6 nitrogen and oxygen atoms in total. The number of ether oxygens (including phenoxy) is 1. The van der Waals surface area contributed by atoms with Crippen molar-refractivity contribution in [3.8, 4) is 0 Å². The Hall–Kier alpha value is -1.77. The SMILES string of the molecule is COC[C@@H]1CCCN(C(=O)Nc2cnn(CC(F)(F)F)c2)C1. The first-order valence-corrected chi connectivity index (χ1v) is 7.01. The van der Waals surface area contributed by atoms with Crippen LogP contribution in [0.5, 0.6) is 0 Å². The molecular formula is C13H19F3N4O2. The second kappa shape index (κ2) is 6.99. The molecule has 1 aromatic rings. The van der Waals surface area contributed by atoms with Gasteiger partial charge in [-0.05, 0) is 12.8 Å². The molecule has 2 heterocycles. The van der Waals surface area contributed by atoms with Crippen LogP contribution in [0.3, 0.4) is 0 Å². The Morgan fingerprint density at radius 3 is 3.00 bits per heavy atom. The molecule has 0 saturated carbocycles. The van der Waals surface area contributed by atoms with Gasteiger partial charge in [0, 0.05) is 32.3 Å². The van der Waals surface area contributed by atoms with Crippen LogP contribution in [0.4, 0.5) is 23.7 Å². The van der Waals surface area contributed by atoms with E-state index in [1.807, 2.05) is 0 Å². The smallest absolute Gasteiger partial charge is 0.384 e. The van der Waals surface area contributed by atoms with Crippen LogP contribution in [0.1, 0.15) is 12.8 Å². The Balaban J connectivity index is 1.89. The van der Waals surface area contributed by atoms with Gasteiger partial charge >= 0.3 is 12.2 Å². The third-order valence-electron chi connectivity index (χ3n) is 3.43. The summed E-state index contributed by atoms with van der Waals surface area (Å²) < 4.78 is 42.6. The number of amides is 2. The van der Waals surface area contributed by atoms with Gasteiger partial charge in [-0.2, -0.15) is 18.3 Å². The number of hydrogen-bond acceptors (Lipinski definition) is 3. The highest BCUT2D eigenvalue weighted by atomic mass is 19.4. The van der Waals surface area contributed by atoms with Gasteiger partial charge in [-0.15, -0.1) is 0 Å². The van der Waals surface area contributed by atoms with Crippen LogP contribution in [0, 0.1) is 5.92 Å². The average Bonchev–Trinajstić information content (AvgIpc) is 2.84. The van der Waals surface area contributed by atoms with Gasteiger partial charge in [-0.1, -0.05) is 0 Å². The maximum atomic E-state index is 12.3. The number of anilines is 1. The van der Waals surface area contributed by atoms with Gasteiger partial charge in [-0.3, -0.25) is 4.68 Å². The van der Waals surface area contributed by atoms with E-state index in [2.05, 4.69) is 10.4 Å². The number of carbonyl (C=O) groups excluding carboxylic acids is 1. The third kappa shape index (κ3) is 4.90. The molecule has 2 rings (SSSR count). The van der Waals surface area contributed by atoms with E-state index in [0.717, 1.165) is 17.5 Å². The fourth-order valence-electron chi connectivity index (χ4n) is 2.52. The Kier molecular flexibility index (Phi) is 5.28. The third-order valence-corrected chi connectivity index (χ3v) is 3.43. The van der Waals surface area contributed by atoms with Crippen molar-refractivity contribution in [3.05, 3.63) is 12.4 Å². The van der Waals surface area contributed by atoms with Gasteiger partial charge in [0.05, 0.1) is 18.5 Å². The predicted molar refractivity (Wildman–Crippen MR) is 73.5 cm³/mol. The Morgan fingerprint density at radius 2 is 2.32 bits per heavy atom. The van der Waals surface area contributed by atoms with Crippen LogP contribution in [-0.2, 0) is 11.3 Å². The summed E-state index contributed by atoms with van der Waals surface area (Å²) in [5, 5.41) is 6.16. The van der Waals surface area contributed by atoms with E-state index < -0.39 is 12.7 Å². The zero-order valence-corrected chi connectivity index (χ0v) is 12.3. The molecule has 22 heavy (non-hydrogen) atoms. The minimum Gasteiger partial charge on any atom is -0.384 e. The number of urea groups is 1. The fraction of sp³-hybridized carbons (Fsp3) is 0.692. The number of alkyl halides is 3. The van der Waals surface area contributed by atoms with Crippen LogP contribution in [0.25, 0.3) is 0 Å². The number of methoxy groups -OCH3 is 1. The highest BCUT2D eigenvalue weighted by Crippen LogP contribution is 2.20. The largest absolute Gasteiger partial charge is 0.408 e. The number of rotatable bonds is 4. The molecule has 0 radical (unpaired) electrons. The number of nitrogens with zero attached hydrogens (tertiary/aromatic N) is 3. The first-order valence-electron chi connectivity index (χ1n) is 7.01. The lowest BCUT2D eigenvalue weighted by atomic mass is 9.99. The normalized spacial score (nSPS) is 19.3. The topological polar surface area (TPSA) is 59.4 Å². The van der Waals surface area contributed by atoms with Gasteiger partial charge in [0.25, 0.3) is 0 Å². The Bertz CT molecular complexity index is 502. The monoisotopic (exact) mass is 320 g/mol. The molecule has 0 unspecified atom stereocenters. The van der Waals surface area contributed by atoms with Gasteiger partial charge in [0.15, 0.2) is 0 Å². The van der Waals surface area contributed by atoms with Crippen LogP contribution in [-0.4, -0.2) is 53.7 Å². The Morgan fingerprint density at radius 1 is 1.55 bits per heavy atom. The summed E-state index contributed by atoms with van der Waals surface area (Å²) in [5.41, 5.74) is 0.253. The molecular weight excluding hydrogens is 301 g/mol. The number of halogens is 3. The van der Waals surface area contributed by atoms with Gasteiger partial charge in [-0.25, -0.2) is 4.79 Å². The molecule has 9 heteroatoms. The zero-order valence-electron chi connectivity index (χ0n) is 12.3. The van der Waals surface area contributed by atoms with Crippen molar-refractivity contribution in [2.45, 2.75) is 25.6 Å². The molecule has 0 aromatic carbocycles. The maximum absolute atomic E-state index is 12.3. The van der Waals surface area contributed by atoms with Crippen LogP contribution < -0.4 is 5.32 Å². The highest BCUT2D eigenvalue weighted by molar-refractivity contribution is 5.89. The molecule has 1 fully saturated rings. The summed E-state index contributed by atoms with van der Waals surface area (Å²) >= 11 is 0. The summed E-state index contributed by atoms with van der Waals surface area (Å²) in [5.74, 6) is 0.289. The van der Waals surface area contributed by atoms with Crippen LogP contribution >= 0.6 is 0 Å². The van der Waals surface area contributed by atoms with Gasteiger partial charge < -0.3 is 15.0 Å². The molecule has 0 bridgehead atoms. The Labute approximate surface area is 126 Å². The molecule has 1 aliphatic heterocycles. The van der Waals surface area contributed by atoms with Crippen molar-refractivity contribution in [2.75, 3.05) is 32.1 Å². The van der Waals surface area contributed by atoms with E-state index >= 15 is 0 Å². The van der Waals surface area contributed by atoms with Gasteiger partial charge in [0.1, 0.15) is 6.54 Å². The number of piperidine rings is 1.